The number of nitrogens with zero attached hydrogens (tertiary/aromatic N) is 2. The van der Waals surface area contributed by atoms with Gasteiger partial charge in [-0.15, -0.1) is 0 Å². The van der Waals surface area contributed by atoms with Crippen LogP contribution in [0.15, 0.2) is 12.3 Å². The highest BCUT2D eigenvalue weighted by atomic mass is 15.2. The molecule has 0 amide bonds. The number of nitrogens with one attached hydrogen (secondary N) is 1. The molecule has 15 heavy (non-hydrogen) atoms. The molecule has 0 aliphatic heterocycles. The maximum atomic E-state index is 4.21. The van der Waals surface area contributed by atoms with Crippen molar-refractivity contribution in [1.29, 1.82) is 0 Å². The molecule has 3 heteroatoms. The summed E-state index contributed by atoms with van der Waals surface area (Å²) in [4.78, 5) is 0. The van der Waals surface area contributed by atoms with E-state index < -0.39 is 0 Å². The molecule has 1 saturated carbocycles. The normalized spacial score (nSPS) is 18.8. The zero-order valence-electron chi connectivity index (χ0n) is 9.79. The number of hydrogen-bond donors (Lipinski definition) is 1. The number of aryl methyl sites for hydroxylation is 2. The zero-order valence-corrected chi connectivity index (χ0v) is 9.79. The third-order valence-electron chi connectivity index (χ3n) is 3.80. The lowest BCUT2D eigenvalue weighted by molar-refractivity contribution is 0.120. The molecule has 1 heterocycles. The molecular weight excluding hydrogens is 186 g/mol. The topological polar surface area (TPSA) is 29.9 Å². The summed E-state index contributed by atoms with van der Waals surface area (Å²) in [6.07, 6.45) is 8.55. The van der Waals surface area contributed by atoms with Crippen molar-refractivity contribution in [2.45, 2.75) is 32.1 Å². The minimum Gasteiger partial charge on any atom is -0.319 e. The van der Waals surface area contributed by atoms with E-state index in [9.17, 15) is 0 Å². The smallest absolute Gasteiger partial charge is 0.0492 e. The maximum Gasteiger partial charge on any atom is 0.0492 e. The van der Waals surface area contributed by atoms with Gasteiger partial charge in [0, 0.05) is 25.5 Å². The Hall–Kier alpha value is -0.830. The van der Waals surface area contributed by atoms with Gasteiger partial charge in [0.15, 0.2) is 0 Å². The summed E-state index contributed by atoms with van der Waals surface area (Å²) in [5, 5.41) is 7.54. The van der Waals surface area contributed by atoms with E-state index in [1.54, 1.807) is 0 Å². The summed E-state index contributed by atoms with van der Waals surface area (Å²) in [6.45, 7) is 1.17. The van der Waals surface area contributed by atoms with Gasteiger partial charge in [-0.1, -0.05) is 6.42 Å². The average Bonchev–Trinajstić information content (AvgIpc) is 2.56. The summed E-state index contributed by atoms with van der Waals surface area (Å²) in [7, 11) is 4.09. The molecule has 0 radical (unpaired) electrons. The number of aromatic nitrogens is 2. The van der Waals surface area contributed by atoms with E-state index in [0.717, 1.165) is 6.42 Å². The minimum absolute atomic E-state index is 0.582. The first-order valence-electron chi connectivity index (χ1n) is 5.87. The van der Waals surface area contributed by atoms with Crippen LogP contribution in [0, 0.1) is 5.41 Å². The van der Waals surface area contributed by atoms with Gasteiger partial charge in [0.1, 0.15) is 0 Å². The van der Waals surface area contributed by atoms with E-state index in [4.69, 9.17) is 0 Å². The van der Waals surface area contributed by atoms with Gasteiger partial charge in [-0.05, 0) is 44.2 Å². The Bertz CT molecular complexity index is 312. The third kappa shape index (κ3) is 2.23. The lowest BCUT2D eigenvalue weighted by Crippen LogP contribution is -2.39. The monoisotopic (exact) mass is 207 g/mol. The fraction of sp³-hybridized carbons (Fsp3) is 0.750. The highest BCUT2D eigenvalue weighted by molar-refractivity contribution is 5.02. The van der Waals surface area contributed by atoms with Crippen molar-refractivity contribution in [3.63, 3.8) is 0 Å². The number of rotatable bonds is 5. The van der Waals surface area contributed by atoms with Gasteiger partial charge in [-0.25, -0.2) is 0 Å². The Balaban J connectivity index is 1.89. The van der Waals surface area contributed by atoms with Crippen LogP contribution in [-0.4, -0.2) is 23.4 Å². The first-order chi connectivity index (χ1) is 7.26. The van der Waals surface area contributed by atoms with Crippen LogP contribution < -0.4 is 5.32 Å². The summed E-state index contributed by atoms with van der Waals surface area (Å²) < 4.78 is 1.99. The summed E-state index contributed by atoms with van der Waals surface area (Å²) in [5.74, 6) is 0. The van der Waals surface area contributed by atoms with E-state index in [1.807, 2.05) is 17.9 Å². The summed E-state index contributed by atoms with van der Waals surface area (Å²) in [6, 6.07) is 2.13. The largest absolute Gasteiger partial charge is 0.319 e. The molecular formula is C12H21N3. The standard InChI is InChI=1S/C12H21N3/c1-13-10-12(6-3-7-12)8-4-11-5-9-14-15(11)2/h5,9,13H,3-4,6-8,10H2,1-2H3. The van der Waals surface area contributed by atoms with Gasteiger partial charge >= 0.3 is 0 Å². The second-order valence-electron chi connectivity index (χ2n) is 4.83. The van der Waals surface area contributed by atoms with Gasteiger partial charge in [-0.2, -0.15) is 5.10 Å². The SMILES string of the molecule is CNCC1(CCc2ccnn2C)CCC1. The van der Waals surface area contributed by atoms with Crippen LogP contribution in [0.4, 0.5) is 0 Å². The van der Waals surface area contributed by atoms with Gasteiger partial charge in [0.25, 0.3) is 0 Å². The van der Waals surface area contributed by atoms with Crippen molar-refractivity contribution in [3.05, 3.63) is 18.0 Å². The van der Waals surface area contributed by atoms with Crippen molar-refractivity contribution in [3.8, 4) is 0 Å². The van der Waals surface area contributed by atoms with Crippen LogP contribution in [0.3, 0.4) is 0 Å². The second-order valence-corrected chi connectivity index (χ2v) is 4.83. The first kappa shape index (κ1) is 10.7. The van der Waals surface area contributed by atoms with Gasteiger partial charge < -0.3 is 5.32 Å². The van der Waals surface area contributed by atoms with Crippen LogP contribution >= 0.6 is 0 Å². The molecule has 0 saturated heterocycles. The first-order valence-corrected chi connectivity index (χ1v) is 5.87. The molecule has 0 bridgehead atoms. The molecule has 1 aliphatic rings. The summed E-state index contributed by atoms with van der Waals surface area (Å²) >= 11 is 0. The Morgan fingerprint density at radius 1 is 1.53 bits per heavy atom. The van der Waals surface area contributed by atoms with Crippen LogP contribution in [0.1, 0.15) is 31.4 Å². The predicted molar refractivity (Wildman–Crippen MR) is 61.7 cm³/mol. The summed E-state index contributed by atoms with van der Waals surface area (Å²) in [5.41, 5.74) is 1.94. The van der Waals surface area contributed by atoms with Crippen molar-refractivity contribution in [2.75, 3.05) is 13.6 Å². The molecule has 1 aromatic rings. The lowest BCUT2D eigenvalue weighted by atomic mass is 9.66. The van der Waals surface area contributed by atoms with E-state index >= 15 is 0 Å². The Morgan fingerprint density at radius 2 is 2.33 bits per heavy atom. The quantitative estimate of drug-likeness (QED) is 0.797. The van der Waals surface area contributed by atoms with Gasteiger partial charge in [0.05, 0.1) is 0 Å². The Kier molecular flexibility index (Phi) is 3.10. The van der Waals surface area contributed by atoms with E-state index in [2.05, 4.69) is 23.5 Å². The van der Waals surface area contributed by atoms with E-state index in [-0.39, 0.29) is 0 Å². The second kappa shape index (κ2) is 4.35. The molecule has 1 N–H and O–H groups in total. The molecule has 0 unspecified atom stereocenters. The molecule has 1 aromatic heterocycles. The van der Waals surface area contributed by atoms with Crippen LogP contribution in [-0.2, 0) is 13.5 Å². The predicted octanol–water partition coefficient (Wildman–Crippen LogP) is 1.74. The van der Waals surface area contributed by atoms with E-state index in [1.165, 1.54) is 37.9 Å². The van der Waals surface area contributed by atoms with Crippen molar-refractivity contribution < 1.29 is 0 Å². The van der Waals surface area contributed by atoms with Crippen molar-refractivity contribution >= 4 is 0 Å². The van der Waals surface area contributed by atoms with Crippen LogP contribution in [0.25, 0.3) is 0 Å². The molecule has 2 rings (SSSR count). The van der Waals surface area contributed by atoms with Gasteiger partial charge in [-0.3, -0.25) is 4.68 Å². The molecule has 0 spiro atoms. The lowest BCUT2D eigenvalue weighted by Gasteiger charge is -2.42. The van der Waals surface area contributed by atoms with Gasteiger partial charge in [0.2, 0.25) is 0 Å². The van der Waals surface area contributed by atoms with Crippen LogP contribution in [0.5, 0.6) is 0 Å². The average molecular weight is 207 g/mol. The van der Waals surface area contributed by atoms with Crippen molar-refractivity contribution in [2.24, 2.45) is 12.5 Å². The molecule has 1 fully saturated rings. The zero-order chi connectivity index (χ0) is 10.7. The molecule has 0 aromatic carbocycles. The maximum absolute atomic E-state index is 4.21. The molecule has 84 valence electrons. The number of hydrogen-bond acceptors (Lipinski definition) is 2. The Labute approximate surface area is 91.9 Å². The highest BCUT2D eigenvalue weighted by Gasteiger charge is 2.35. The Morgan fingerprint density at radius 3 is 2.80 bits per heavy atom. The fourth-order valence-corrected chi connectivity index (χ4v) is 2.61. The highest BCUT2D eigenvalue weighted by Crippen LogP contribution is 2.43. The molecule has 0 atom stereocenters. The van der Waals surface area contributed by atoms with E-state index in [0.29, 0.717) is 5.41 Å². The third-order valence-corrected chi connectivity index (χ3v) is 3.80. The minimum atomic E-state index is 0.582. The fourth-order valence-electron chi connectivity index (χ4n) is 2.61. The molecule has 1 aliphatic carbocycles. The molecule has 3 nitrogen and oxygen atoms in total. The van der Waals surface area contributed by atoms with Crippen molar-refractivity contribution in [1.82, 2.24) is 15.1 Å². The van der Waals surface area contributed by atoms with Crippen LogP contribution in [0.2, 0.25) is 0 Å².